The molecule has 6 heteroatoms. The Labute approximate surface area is 171 Å². The Morgan fingerprint density at radius 3 is 2.27 bits per heavy atom. The third kappa shape index (κ3) is 4.54. The summed E-state index contributed by atoms with van der Waals surface area (Å²) in [5.74, 6) is 0.527. The molecule has 0 fully saturated rings. The fourth-order valence-corrected chi connectivity index (χ4v) is 3.18. The van der Waals surface area contributed by atoms with Gasteiger partial charge in [0.15, 0.2) is 0 Å². The van der Waals surface area contributed by atoms with E-state index < -0.39 is 11.7 Å². The van der Waals surface area contributed by atoms with E-state index in [0.717, 1.165) is 40.0 Å². The first-order valence-electron chi connectivity index (χ1n) is 9.43. The molecule has 0 aliphatic rings. The monoisotopic (exact) mass is 409 g/mol. The van der Waals surface area contributed by atoms with Crippen LogP contribution in [-0.2, 0) is 17.4 Å². The van der Waals surface area contributed by atoms with Gasteiger partial charge in [-0.15, -0.1) is 0 Å². The van der Waals surface area contributed by atoms with Crippen LogP contribution in [0.15, 0.2) is 83.3 Å². The van der Waals surface area contributed by atoms with Gasteiger partial charge in [-0.2, -0.15) is 13.2 Å². The number of amides is 1. The van der Waals surface area contributed by atoms with Crippen LogP contribution in [0, 0.1) is 0 Å². The summed E-state index contributed by atoms with van der Waals surface area (Å²) in [7, 11) is 0. The van der Waals surface area contributed by atoms with Crippen molar-refractivity contribution in [3.8, 4) is 11.3 Å². The van der Waals surface area contributed by atoms with Crippen LogP contribution in [0.3, 0.4) is 0 Å². The zero-order valence-corrected chi connectivity index (χ0v) is 15.9. The van der Waals surface area contributed by atoms with Crippen molar-refractivity contribution >= 4 is 22.6 Å². The van der Waals surface area contributed by atoms with Crippen LogP contribution in [0.5, 0.6) is 0 Å². The second kappa shape index (κ2) is 8.06. The van der Waals surface area contributed by atoms with Gasteiger partial charge < -0.3 is 9.73 Å². The van der Waals surface area contributed by atoms with Gasteiger partial charge >= 0.3 is 6.18 Å². The van der Waals surface area contributed by atoms with E-state index in [4.69, 9.17) is 4.42 Å². The van der Waals surface area contributed by atoms with E-state index in [9.17, 15) is 18.0 Å². The SMILES string of the molecule is O=C(CCc1ccc(-c2cc3ccccc3o2)cc1)Nc1ccc(C(F)(F)F)cc1. The quantitative estimate of drug-likeness (QED) is 0.399. The number of fused-ring (bicyclic) bond motifs is 1. The first kappa shape index (κ1) is 19.8. The van der Waals surface area contributed by atoms with E-state index in [1.807, 2.05) is 54.6 Å². The first-order valence-corrected chi connectivity index (χ1v) is 9.43. The lowest BCUT2D eigenvalue weighted by Gasteiger charge is -2.09. The molecule has 3 nitrogen and oxygen atoms in total. The molecule has 1 heterocycles. The topological polar surface area (TPSA) is 42.2 Å². The van der Waals surface area contributed by atoms with Crippen LogP contribution < -0.4 is 5.32 Å². The maximum absolute atomic E-state index is 12.6. The predicted octanol–water partition coefficient (Wildman–Crippen LogP) is 6.69. The van der Waals surface area contributed by atoms with Gasteiger partial charge in [0.05, 0.1) is 5.56 Å². The lowest BCUT2D eigenvalue weighted by molar-refractivity contribution is -0.137. The number of para-hydroxylation sites is 1. The number of hydrogen-bond donors (Lipinski definition) is 1. The summed E-state index contributed by atoms with van der Waals surface area (Å²) in [6, 6.07) is 22.0. The van der Waals surface area contributed by atoms with E-state index in [0.29, 0.717) is 12.1 Å². The van der Waals surface area contributed by atoms with Crippen molar-refractivity contribution in [3.05, 3.63) is 90.0 Å². The number of furan rings is 1. The van der Waals surface area contributed by atoms with Crippen LogP contribution in [0.1, 0.15) is 17.5 Å². The zero-order chi connectivity index (χ0) is 21.1. The molecule has 0 radical (unpaired) electrons. The average molecular weight is 409 g/mol. The maximum atomic E-state index is 12.6. The molecule has 1 amide bonds. The Morgan fingerprint density at radius 2 is 1.60 bits per heavy atom. The molecule has 4 aromatic rings. The van der Waals surface area contributed by atoms with Crippen molar-refractivity contribution in [2.45, 2.75) is 19.0 Å². The fourth-order valence-electron chi connectivity index (χ4n) is 3.18. The number of aryl methyl sites for hydroxylation is 1. The van der Waals surface area contributed by atoms with E-state index in [2.05, 4.69) is 5.32 Å². The van der Waals surface area contributed by atoms with Crippen molar-refractivity contribution < 1.29 is 22.4 Å². The number of rotatable bonds is 5. The molecule has 4 rings (SSSR count). The van der Waals surface area contributed by atoms with Gasteiger partial charge in [0.2, 0.25) is 5.91 Å². The number of carbonyl (C=O) groups is 1. The summed E-state index contributed by atoms with van der Waals surface area (Å²) in [5, 5.41) is 3.66. The molecule has 0 saturated carbocycles. The van der Waals surface area contributed by atoms with Gasteiger partial charge in [-0.05, 0) is 48.4 Å². The highest BCUT2D eigenvalue weighted by Gasteiger charge is 2.29. The van der Waals surface area contributed by atoms with E-state index in [1.54, 1.807) is 0 Å². The van der Waals surface area contributed by atoms with Crippen LogP contribution in [0.2, 0.25) is 0 Å². The van der Waals surface area contributed by atoms with Crippen molar-refractivity contribution in [3.63, 3.8) is 0 Å². The summed E-state index contributed by atoms with van der Waals surface area (Å²) < 4.78 is 43.6. The van der Waals surface area contributed by atoms with Crippen molar-refractivity contribution in [2.75, 3.05) is 5.32 Å². The highest BCUT2D eigenvalue weighted by Crippen LogP contribution is 2.30. The highest BCUT2D eigenvalue weighted by atomic mass is 19.4. The second-order valence-corrected chi connectivity index (χ2v) is 6.97. The molecule has 0 aliphatic heterocycles. The molecular weight excluding hydrogens is 391 g/mol. The molecule has 0 spiro atoms. The van der Waals surface area contributed by atoms with Gasteiger partial charge in [0, 0.05) is 23.1 Å². The Balaban J connectivity index is 1.34. The van der Waals surface area contributed by atoms with Crippen LogP contribution >= 0.6 is 0 Å². The molecule has 0 atom stereocenters. The fraction of sp³-hybridized carbons (Fsp3) is 0.125. The molecule has 0 bridgehead atoms. The third-order valence-electron chi connectivity index (χ3n) is 4.80. The van der Waals surface area contributed by atoms with Crippen molar-refractivity contribution in [2.24, 2.45) is 0 Å². The summed E-state index contributed by atoms with van der Waals surface area (Å²) in [5.41, 5.74) is 2.36. The van der Waals surface area contributed by atoms with Crippen LogP contribution in [-0.4, -0.2) is 5.91 Å². The minimum atomic E-state index is -4.39. The van der Waals surface area contributed by atoms with Crippen LogP contribution in [0.25, 0.3) is 22.3 Å². The number of nitrogens with one attached hydrogen (secondary N) is 1. The number of anilines is 1. The van der Waals surface area contributed by atoms with Crippen LogP contribution in [0.4, 0.5) is 18.9 Å². The summed E-state index contributed by atoms with van der Waals surface area (Å²) >= 11 is 0. The Morgan fingerprint density at radius 1 is 0.900 bits per heavy atom. The van der Waals surface area contributed by atoms with E-state index in [-0.39, 0.29) is 12.3 Å². The van der Waals surface area contributed by atoms with E-state index in [1.165, 1.54) is 12.1 Å². The van der Waals surface area contributed by atoms with Crippen molar-refractivity contribution in [1.82, 2.24) is 0 Å². The summed E-state index contributed by atoms with van der Waals surface area (Å²) in [6.07, 6.45) is -3.64. The smallest absolute Gasteiger partial charge is 0.416 e. The lowest BCUT2D eigenvalue weighted by atomic mass is 10.1. The van der Waals surface area contributed by atoms with Gasteiger partial charge in [-0.1, -0.05) is 42.5 Å². The minimum absolute atomic E-state index is 0.227. The normalized spacial score (nSPS) is 11.6. The number of halogens is 3. The molecular formula is C24H18F3NO2. The second-order valence-electron chi connectivity index (χ2n) is 6.97. The lowest BCUT2D eigenvalue weighted by Crippen LogP contribution is -2.12. The van der Waals surface area contributed by atoms with Gasteiger partial charge in [0.1, 0.15) is 11.3 Å². The number of hydrogen-bond acceptors (Lipinski definition) is 2. The Hall–Kier alpha value is -3.54. The number of carbonyl (C=O) groups excluding carboxylic acids is 1. The Bertz CT molecular complexity index is 1130. The molecule has 3 aromatic carbocycles. The Kier molecular flexibility index (Phi) is 5.31. The average Bonchev–Trinajstić information content (AvgIpc) is 3.17. The predicted molar refractivity (Wildman–Crippen MR) is 110 cm³/mol. The molecule has 1 aromatic heterocycles. The van der Waals surface area contributed by atoms with E-state index >= 15 is 0 Å². The molecule has 0 saturated heterocycles. The van der Waals surface area contributed by atoms with Gasteiger partial charge in [-0.25, -0.2) is 0 Å². The molecule has 152 valence electrons. The number of alkyl halides is 3. The highest BCUT2D eigenvalue weighted by molar-refractivity contribution is 5.90. The summed E-state index contributed by atoms with van der Waals surface area (Å²) in [6.45, 7) is 0. The summed E-state index contributed by atoms with van der Waals surface area (Å²) in [4.78, 5) is 12.1. The maximum Gasteiger partial charge on any atom is 0.416 e. The third-order valence-corrected chi connectivity index (χ3v) is 4.80. The first-order chi connectivity index (χ1) is 14.4. The molecule has 30 heavy (non-hydrogen) atoms. The van der Waals surface area contributed by atoms with Crippen molar-refractivity contribution in [1.29, 1.82) is 0 Å². The standard InChI is InChI=1S/C24H18F3NO2/c25-24(26,27)19-10-12-20(13-11-19)28-23(29)14-7-16-5-8-17(9-6-16)22-15-18-3-1-2-4-21(18)30-22/h1-6,8-13,15H,7,14H2,(H,28,29). The zero-order valence-electron chi connectivity index (χ0n) is 15.9. The van der Waals surface area contributed by atoms with Gasteiger partial charge in [0.25, 0.3) is 0 Å². The van der Waals surface area contributed by atoms with Gasteiger partial charge in [-0.3, -0.25) is 4.79 Å². The number of benzene rings is 3. The molecule has 1 N–H and O–H groups in total. The minimum Gasteiger partial charge on any atom is -0.456 e. The molecule has 0 aliphatic carbocycles. The largest absolute Gasteiger partial charge is 0.456 e. The molecule has 0 unspecified atom stereocenters.